The van der Waals surface area contributed by atoms with Crippen molar-refractivity contribution in [3.8, 4) is 67.1 Å². The number of hydrogen-bond donors (Lipinski definition) is 5. The zero-order valence-electron chi connectivity index (χ0n) is 53.1. The molecule has 16 aromatic rings. The molecule has 17 heteroatoms. The number of aromatic hydroxyl groups is 2. The van der Waals surface area contributed by atoms with Crippen LogP contribution >= 0.6 is 133 Å². The molecule has 14 aromatic carbocycles. The molecule has 2 heterocycles. The standard InChI is InChI=1S/2C18H10BrClO.C18H12BrClO.C12H10BClO2.C12H11N.C6H4BrIO.2CH4/c2*19-12-6-9-15-17(10-12)21-16-3-1-2-14(18(15)16)11-4-7-13(20)8-5-11;19-13-7-10-17(18(21)11-13)16-4-2-1-3-15(16)12-5-8-14(20)9-6-12;14-10-7-5-9(6-8-10)11-3-1-2-4-12(11)13(15)16;1-3-7-11(8-4-1)13-12-9-5-2-6-10-12;7-4-1-2-5(8)6(9)3-4;;/h2*1-10H;1-11,21H;1-8,15-16H;1-10,13H;1-3,9H;2*1H4. The van der Waals surface area contributed by atoms with E-state index in [1.54, 1.807) is 36.4 Å². The third-order valence-corrected chi connectivity index (χ3v) is 19.6. The molecule has 2 aromatic heterocycles. The number of para-hydroxylation sites is 2. The van der Waals surface area contributed by atoms with Crippen molar-refractivity contribution in [1.29, 1.82) is 0 Å². The molecule has 0 aliphatic carbocycles. The van der Waals surface area contributed by atoms with Gasteiger partial charge in [-0.05, 0) is 236 Å². The monoisotopic (exact) mass is 1800 g/mol. The van der Waals surface area contributed by atoms with E-state index in [2.05, 4.69) is 116 Å². The number of anilines is 2. The van der Waals surface area contributed by atoms with E-state index < -0.39 is 7.12 Å². The Morgan fingerprint density at radius 3 is 1.06 bits per heavy atom. The highest BCUT2D eigenvalue weighted by Crippen LogP contribution is 2.41. The molecule has 0 unspecified atom stereocenters. The van der Waals surface area contributed by atoms with Crippen LogP contribution < -0.4 is 10.8 Å². The number of nitrogens with one attached hydrogen (secondary N) is 1. The number of phenolic OH excluding ortho intramolecular Hbond substituents is 2. The van der Waals surface area contributed by atoms with E-state index in [0.717, 1.165) is 142 Å². The fraction of sp³-hybridized carbons (Fsp3) is 0.0233. The zero-order valence-corrected chi connectivity index (χ0v) is 64.6. The third-order valence-electron chi connectivity index (χ3n) is 15.7. The van der Waals surface area contributed by atoms with E-state index in [1.807, 2.05) is 255 Å². The van der Waals surface area contributed by atoms with Crippen LogP contribution in [0.25, 0.3) is 99.5 Å². The van der Waals surface area contributed by atoms with Gasteiger partial charge in [-0.1, -0.05) is 283 Å². The maximum Gasteiger partial charge on any atom is 0.489 e. The molecule has 516 valence electrons. The largest absolute Gasteiger partial charge is 0.507 e. The van der Waals surface area contributed by atoms with Crippen molar-refractivity contribution < 1.29 is 29.1 Å². The van der Waals surface area contributed by atoms with E-state index in [1.165, 1.54) is 0 Å². The van der Waals surface area contributed by atoms with Gasteiger partial charge in [-0.3, -0.25) is 0 Å². The summed E-state index contributed by atoms with van der Waals surface area (Å²) in [5.41, 5.74) is 16.5. The van der Waals surface area contributed by atoms with Gasteiger partial charge in [0, 0.05) is 76.5 Å². The Bertz CT molecular complexity index is 5250. The Balaban J connectivity index is 0.000000146. The van der Waals surface area contributed by atoms with Gasteiger partial charge >= 0.3 is 7.12 Å². The quantitative estimate of drug-likeness (QED) is 0.0759. The van der Waals surface area contributed by atoms with Gasteiger partial charge in [-0.15, -0.1) is 0 Å². The third kappa shape index (κ3) is 21.1. The summed E-state index contributed by atoms with van der Waals surface area (Å²) in [6, 6.07) is 102. The predicted octanol–water partition coefficient (Wildman–Crippen LogP) is 28.6. The highest BCUT2D eigenvalue weighted by Gasteiger charge is 2.18. The molecular weight excluding hydrogens is 1740 g/mol. The molecule has 16 rings (SSSR count). The summed E-state index contributed by atoms with van der Waals surface area (Å²) >= 11 is 39.4. The lowest BCUT2D eigenvalue weighted by Gasteiger charge is -2.12. The molecule has 103 heavy (non-hydrogen) atoms. The van der Waals surface area contributed by atoms with E-state index in [-0.39, 0.29) is 20.6 Å². The second-order valence-electron chi connectivity index (χ2n) is 22.5. The lowest BCUT2D eigenvalue weighted by Crippen LogP contribution is -2.31. The molecule has 0 saturated carbocycles. The average molecular weight is 1810 g/mol. The molecular formula is C86H65BBr4Cl4INO6. The van der Waals surface area contributed by atoms with Crippen molar-refractivity contribution in [3.63, 3.8) is 0 Å². The summed E-state index contributed by atoms with van der Waals surface area (Å²) in [4.78, 5) is 0. The molecule has 0 amide bonds. The SMILES string of the molecule is C.C.Clc1ccc(-c2cccc3oc4cc(Br)ccc4c23)cc1.Clc1ccc(-c2cccc3oc4cc(Br)ccc4c23)cc1.OB(O)c1ccccc1-c1ccc(Cl)cc1.Oc1cc(Br)ccc1-c1ccccc1-c1ccc(Cl)cc1.Oc1cc(Br)ccc1I.c1ccc(Nc2ccccc2)cc1. The summed E-state index contributed by atoms with van der Waals surface area (Å²) in [6.45, 7) is 0. The summed E-state index contributed by atoms with van der Waals surface area (Å²) in [7, 11) is -1.47. The van der Waals surface area contributed by atoms with Crippen LogP contribution in [-0.4, -0.2) is 27.4 Å². The number of fused-ring (bicyclic) bond motifs is 6. The van der Waals surface area contributed by atoms with Crippen LogP contribution in [0.3, 0.4) is 0 Å². The lowest BCUT2D eigenvalue weighted by atomic mass is 9.75. The zero-order chi connectivity index (χ0) is 70.9. The first-order chi connectivity index (χ1) is 48.9. The number of halogens is 9. The van der Waals surface area contributed by atoms with Crippen LogP contribution in [0.2, 0.25) is 20.1 Å². The van der Waals surface area contributed by atoms with Crippen LogP contribution in [0.15, 0.2) is 342 Å². The summed E-state index contributed by atoms with van der Waals surface area (Å²) in [5, 5.41) is 48.5. The number of phenols is 2. The van der Waals surface area contributed by atoms with Gasteiger partial charge in [-0.25, -0.2) is 0 Å². The van der Waals surface area contributed by atoms with Gasteiger partial charge in [0.1, 0.15) is 33.8 Å². The normalized spacial score (nSPS) is 10.4. The molecule has 0 fully saturated rings. The Hall–Kier alpha value is -8.13. The molecule has 0 radical (unpaired) electrons. The van der Waals surface area contributed by atoms with Gasteiger partial charge in [0.15, 0.2) is 0 Å². The second kappa shape index (κ2) is 38.1. The van der Waals surface area contributed by atoms with Crippen molar-refractivity contribution in [2.45, 2.75) is 14.9 Å². The first-order valence-electron chi connectivity index (χ1n) is 31.2. The van der Waals surface area contributed by atoms with E-state index in [0.29, 0.717) is 21.3 Å². The first-order valence-corrected chi connectivity index (χ1v) is 37.0. The number of benzene rings is 14. The van der Waals surface area contributed by atoms with E-state index in [9.17, 15) is 15.2 Å². The number of furan rings is 2. The van der Waals surface area contributed by atoms with Crippen LogP contribution in [-0.2, 0) is 0 Å². The summed E-state index contributed by atoms with van der Waals surface area (Å²) in [5.74, 6) is 0.579. The minimum absolute atomic E-state index is 0. The van der Waals surface area contributed by atoms with Gasteiger partial charge in [-0.2, -0.15) is 0 Å². The predicted molar refractivity (Wildman–Crippen MR) is 460 cm³/mol. The Morgan fingerprint density at radius 2 is 0.650 bits per heavy atom. The van der Waals surface area contributed by atoms with Crippen molar-refractivity contribution in [3.05, 3.63) is 357 Å². The van der Waals surface area contributed by atoms with Gasteiger partial charge in [0.05, 0.1) is 3.57 Å². The second-order valence-corrected chi connectivity index (χ2v) is 29.1. The topological polar surface area (TPSA) is 119 Å². The van der Waals surface area contributed by atoms with Crippen molar-refractivity contribution in [2.24, 2.45) is 0 Å². The maximum absolute atomic E-state index is 10.2. The van der Waals surface area contributed by atoms with Gasteiger partial charge in [0.25, 0.3) is 0 Å². The van der Waals surface area contributed by atoms with Crippen LogP contribution in [0, 0.1) is 3.57 Å². The Kier molecular flexibility index (Phi) is 29.2. The summed E-state index contributed by atoms with van der Waals surface area (Å²) in [6.07, 6.45) is 0. The minimum atomic E-state index is -1.47. The molecule has 0 atom stereocenters. The first kappa shape index (κ1) is 79.0. The average Bonchev–Trinajstić information content (AvgIpc) is 1.63. The van der Waals surface area contributed by atoms with Crippen molar-refractivity contribution >= 4 is 201 Å². The molecule has 5 N–H and O–H groups in total. The highest BCUT2D eigenvalue weighted by molar-refractivity contribution is 14.1. The summed E-state index contributed by atoms with van der Waals surface area (Å²) < 4.78 is 16.6. The molecule has 0 aliphatic heterocycles. The minimum Gasteiger partial charge on any atom is -0.507 e. The van der Waals surface area contributed by atoms with Crippen molar-refractivity contribution in [1.82, 2.24) is 0 Å². The molecule has 0 aliphatic rings. The molecule has 0 bridgehead atoms. The molecule has 0 spiro atoms. The fourth-order valence-corrected chi connectivity index (χ4v) is 13.2. The van der Waals surface area contributed by atoms with Gasteiger partial charge < -0.3 is 34.4 Å². The van der Waals surface area contributed by atoms with Crippen LogP contribution in [0.1, 0.15) is 14.9 Å². The Labute approximate surface area is 667 Å². The lowest BCUT2D eigenvalue weighted by molar-refractivity contribution is 0.426. The van der Waals surface area contributed by atoms with E-state index >= 15 is 0 Å². The smallest absolute Gasteiger partial charge is 0.489 e. The van der Waals surface area contributed by atoms with Gasteiger partial charge in [0.2, 0.25) is 0 Å². The maximum atomic E-state index is 10.2. The highest BCUT2D eigenvalue weighted by atomic mass is 127. The molecule has 0 saturated heterocycles. The van der Waals surface area contributed by atoms with Crippen LogP contribution in [0.5, 0.6) is 11.5 Å². The van der Waals surface area contributed by atoms with Crippen molar-refractivity contribution in [2.75, 3.05) is 5.32 Å². The fourth-order valence-electron chi connectivity index (χ4n) is 11.0. The molecule has 7 nitrogen and oxygen atoms in total. The number of rotatable bonds is 8. The Morgan fingerprint density at radius 1 is 0.311 bits per heavy atom. The van der Waals surface area contributed by atoms with Crippen LogP contribution in [0.4, 0.5) is 11.4 Å². The number of hydrogen-bond acceptors (Lipinski definition) is 7. The van der Waals surface area contributed by atoms with E-state index in [4.69, 9.17) is 60.3 Å².